The third-order valence-electron chi connectivity index (χ3n) is 3.57. The summed E-state index contributed by atoms with van der Waals surface area (Å²) in [5.41, 5.74) is 4.22. The van der Waals surface area contributed by atoms with E-state index in [1.165, 1.54) is 24.4 Å². The summed E-state index contributed by atoms with van der Waals surface area (Å²) in [6.07, 6.45) is 1.27. The summed E-state index contributed by atoms with van der Waals surface area (Å²) in [7, 11) is 0. The number of nitrogens with one attached hydrogen (secondary N) is 1. The first-order chi connectivity index (χ1) is 11.7. The summed E-state index contributed by atoms with van der Waals surface area (Å²) >= 11 is 5.97. The largest absolute Gasteiger partial charge is 0.271 e. The van der Waals surface area contributed by atoms with Crippen molar-refractivity contribution in [1.29, 1.82) is 0 Å². The minimum Gasteiger partial charge on any atom is -0.267 e. The van der Waals surface area contributed by atoms with Gasteiger partial charge in [0.25, 0.3) is 11.6 Å². The van der Waals surface area contributed by atoms with Crippen LogP contribution in [-0.4, -0.2) is 17.0 Å². The van der Waals surface area contributed by atoms with Gasteiger partial charge in [-0.2, -0.15) is 5.10 Å². The third kappa shape index (κ3) is 4.87. The van der Waals surface area contributed by atoms with Gasteiger partial charge in [-0.05, 0) is 29.2 Å². The zero-order valence-electron chi connectivity index (χ0n) is 14.1. The predicted molar refractivity (Wildman–Crippen MR) is 98.3 cm³/mol. The Hall–Kier alpha value is -2.73. The van der Waals surface area contributed by atoms with Gasteiger partial charge < -0.3 is 0 Å². The zero-order chi connectivity index (χ0) is 18.6. The highest BCUT2D eigenvalue weighted by atomic mass is 35.5. The van der Waals surface area contributed by atoms with Crippen molar-refractivity contribution >= 4 is 29.4 Å². The second-order valence-electron chi connectivity index (χ2n) is 6.49. The first-order valence-corrected chi connectivity index (χ1v) is 7.94. The lowest BCUT2D eigenvalue weighted by Gasteiger charge is -2.18. The Balaban J connectivity index is 2.08. The maximum Gasteiger partial charge on any atom is 0.271 e. The molecule has 2 aromatic rings. The molecule has 6 nitrogen and oxygen atoms in total. The maximum atomic E-state index is 12.1. The van der Waals surface area contributed by atoms with E-state index in [0.29, 0.717) is 16.1 Å². The average molecular weight is 360 g/mol. The van der Waals surface area contributed by atoms with E-state index < -0.39 is 4.92 Å². The Morgan fingerprint density at radius 3 is 2.40 bits per heavy atom. The number of halogens is 1. The lowest BCUT2D eigenvalue weighted by Crippen LogP contribution is -2.18. The summed E-state index contributed by atoms with van der Waals surface area (Å²) in [6.45, 7) is 6.28. The van der Waals surface area contributed by atoms with Crippen LogP contribution in [0.2, 0.25) is 5.02 Å². The topological polar surface area (TPSA) is 84.6 Å². The maximum absolute atomic E-state index is 12.1. The molecule has 0 spiro atoms. The average Bonchev–Trinajstić information content (AvgIpc) is 2.55. The summed E-state index contributed by atoms with van der Waals surface area (Å²) in [6, 6.07) is 11.3. The van der Waals surface area contributed by atoms with Crippen molar-refractivity contribution in [2.45, 2.75) is 26.2 Å². The van der Waals surface area contributed by atoms with Crippen molar-refractivity contribution in [2.24, 2.45) is 5.10 Å². The van der Waals surface area contributed by atoms with Crippen LogP contribution in [0.15, 0.2) is 47.6 Å². The van der Waals surface area contributed by atoms with Crippen LogP contribution in [0.5, 0.6) is 0 Å². The number of amides is 1. The number of carbonyl (C=O) groups is 1. The number of nitro benzene ring substituents is 1. The molecule has 0 saturated heterocycles. The van der Waals surface area contributed by atoms with E-state index in [4.69, 9.17) is 11.6 Å². The molecule has 0 bridgehead atoms. The number of rotatable bonds is 4. The number of nitrogens with zero attached hydrogens (tertiary/aromatic N) is 2. The monoisotopic (exact) mass is 359 g/mol. The molecule has 1 N–H and O–H groups in total. The van der Waals surface area contributed by atoms with E-state index in [2.05, 4.69) is 31.3 Å². The predicted octanol–water partition coefficient (Wildman–Crippen LogP) is 4.31. The van der Waals surface area contributed by atoms with Gasteiger partial charge in [0.2, 0.25) is 0 Å². The number of hydrogen-bond donors (Lipinski definition) is 1. The van der Waals surface area contributed by atoms with Gasteiger partial charge in [-0.1, -0.05) is 44.5 Å². The van der Waals surface area contributed by atoms with Crippen molar-refractivity contribution in [3.63, 3.8) is 0 Å². The van der Waals surface area contributed by atoms with Crippen molar-refractivity contribution in [1.82, 2.24) is 5.43 Å². The van der Waals surface area contributed by atoms with Gasteiger partial charge in [-0.25, -0.2) is 5.43 Å². The number of benzene rings is 2. The molecule has 0 fully saturated rings. The molecule has 7 heteroatoms. The Morgan fingerprint density at radius 1 is 1.20 bits per heavy atom. The van der Waals surface area contributed by atoms with Crippen LogP contribution in [0.4, 0.5) is 5.69 Å². The molecule has 2 rings (SSSR count). The highest BCUT2D eigenvalue weighted by molar-refractivity contribution is 6.33. The molecule has 1 amide bonds. The van der Waals surface area contributed by atoms with E-state index in [1.54, 1.807) is 12.1 Å². The second-order valence-corrected chi connectivity index (χ2v) is 6.90. The first kappa shape index (κ1) is 18.6. The van der Waals surface area contributed by atoms with Gasteiger partial charge in [0.1, 0.15) is 0 Å². The molecule has 0 radical (unpaired) electrons. The molecular weight excluding hydrogens is 342 g/mol. The van der Waals surface area contributed by atoms with Gasteiger partial charge in [-0.15, -0.1) is 0 Å². The molecule has 0 aliphatic carbocycles. The summed E-state index contributed by atoms with van der Waals surface area (Å²) < 4.78 is 0. The number of nitro groups is 1. The Bertz CT molecular complexity index is 824. The molecule has 0 aliphatic heterocycles. The van der Waals surface area contributed by atoms with Crippen molar-refractivity contribution < 1.29 is 9.72 Å². The van der Waals surface area contributed by atoms with Gasteiger partial charge in [0.05, 0.1) is 11.1 Å². The number of carbonyl (C=O) groups excluding carboxylic acids is 1. The standard InChI is InChI=1S/C18H18ClN3O3/c1-18(2,3)14-6-4-12(5-7-14)17(23)21-20-11-13-10-15(22(24)25)8-9-16(13)19/h4-11H,1-3H3,(H,21,23)/b20-11-. The van der Waals surface area contributed by atoms with Crippen molar-refractivity contribution in [3.8, 4) is 0 Å². The van der Waals surface area contributed by atoms with Gasteiger partial charge in [-0.3, -0.25) is 14.9 Å². The Labute approximate surface area is 150 Å². The lowest BCUT2D eigenvalue weighted by atomic mass is 9.87. The number of non-ortho nitro benzene ring substituents is 1. The minimum absolute atomic E-state index is 0.00589. The molecule has 0 aliphatic rings. The molecule has 0 atom stereocenters. The summed E-state index contributed by atoms with van der Waals surface area (Å²) in [5, 5.41) is 14.9. The highest BCUT2D eigenvalue weighted by Crippen LogP contribution is 2.22. The molecule has 0 unspecified atom stereocenters. The normalized spacial score (nSPS) is 11.5. The van der Waals surface area contributed by atoms with Crippen molar-refractivity contribution in [3.05, 3.63) is 74.3 Å². The van der Waals surface area contributed by atoms with E-state index in [9.17, 15) is 14.9 Å². The van der Waals surface area contributed by atoms with Crippen LogP contribution in [0, 0.1) is 10.1 Å². The van der Waals surface area contributed by atoms with Crippen molar-refractivity contribution in [2.75, 3.05) is 0 Å². The van der Waals surface area contributed by atoms with Gasteiger partial charge >= 0.3 is 0 Å². The van der Waals surface area contributed by atoms with Crippen LogP contribution >= 0.6 is 11.6 Å². The fourth-order valence-corrected chi connectivity index (χ4v) is 2.26. The molecule has 0 saturated carbocycles. The van der Waals surface area contributed by atoms with E-state index in [1.807, 2.05) is 12.1 Å². The fourth-order valence-electron chi connectivity index (χ4n) is 2.09. The zero-order valence-corrected chi connectivity index (χ0v) is 14.9. The molecular formula is C18H18ClN3O3. The quantitative estimate of drug-likeness (QED) is 0.501. The van der Waals surface area contributed by atoms with Crippen LogP contribution in [-0.2, 0) is 5.41 Å². The first-order valence-electron chi connectivity index (χ1n) is 7.56. The Kier molecular flexibility index (Phi) is 5.54. The van der Waals surface area contributed by atoms with Gasteiger partial charge in [0.15, 0.2) is 0 Å². The SMILES string of the molecule is CC(C)(C)c1ccc(C(=O)N/N=C\c2cc([N+](=O)[O-])ccc2Cl)cc1. The molecule has 0 heterocycles. The smallest absolute Gasteiger partial charge is 0.267 e. The number of hydrogen-bond acceptors (Lipinski definition) is 4. The third-order valence-corrected chi connectivity index (χ3v) is 3.92. The van der Waals surface area contributed by atoms with Crippen LogP contribution in [0.3, 0.4) is 0 Å². The lowest BCUT2D eigenvalue weighted by molar-refractivity contribution is -0.384. The van der Waals surface area contributed by atoms with Crippen LogP contribution < -0.4 is 5.43 Å². The summed E-state index contributed by atoms with van der Waals surface area (Å²) in [5.74, 6) is -0.377. The van der Waals surface area contributed by atoms with E-state index in [0.717, 1.165) is 5.56 Å². The Morgan fingerprint density at radius 2 is 1.84 bits per heavy atom. The van der Waals surface area contributed by atoms with Crippen LogP contribution in [0.1, 0.15) is 42.3 Å². The molecule has 2 aromatic carbocycles. The fraction of sp³-hybridized carbons (Fsp3) is 0.222. The minimum atomic E-state index is -0.525. The molecule has 25 heavy (non-hydrogen) atoms. The van der Waals surface area contributed by atoms with Crippen LogP contribution in [0.25, 0.3) is 0 Å². The second kappa shape index (κ2) is 7.44. The van der Waals surface area contributed by atoms with Gasteiger partial charge in [0, 0.05) is 28.3 Å². The molecule has 0 aromatic heterocycles. The van der Waals surface area contributed by atoms with E-state index >= 15 is 0 Å². The highest BCUT2D eigenvalue weighted by Gasteiger charge is 2.14. The molecule has 130 valence electrons. The van der Waals surface area contributed by atoms with E-state index in [-0.39, 0.29) is 17.0 Å². The number of hydrazone groups is 1. The summed E-state index contributed by atoms with van der Waals surface area (Å²) in [4.78, 5) is 22.3.